The lowest BCUT2D eigenvalue weighted by molar-refractivity contribution is -0.156. The van der Waals surface area contributed by atoms with E-state index in [1.54, 1.807) is 23.1 Å². The Morgan fingerprint density at radius 2 is 2.19 bits per heavy atom. The molecule has 5 heteroatoms. The Hall–Kier alpha value is -1.55. The molecule has 1 aliphatic heterocycles. The van der Waals surface area contributed by atoms with Crippen LogP contribution in [0.1, 0.15) is 38.2 Å². The number of carbonyl (C=O) groups is 2. The summed E-state index contributed by atoms with van der Waals surface area (Å²) in [6.45, 7) is 2.47. The van der Waals surface area contributed by atoms with Crippen LogP contribution in [0, 0.1) is 0 Å². The SMILES string of the molecule is CCCC1(C(=O)O)CCCN1C(=O)Cc1cccc(Cl)c1. The van der Waals surface area contributed by atoms with Gasteiger partial charge in [-0.2, -0.15) is 0 Å². The van der Waals surface area contributed by atoms with Gasteiger partial charge in [0, 0.05) is 11.6 Å². The number of carboxylic acid groups (broad SMARTS) is 1. The van der Waals surface area contributed by atoms with E-state index in [1.165, 1.54) is 0 Å². The number of halogens is 1. The van der Waals surface area contributed by atoms with Gasteiger partial charge in [-0.3, -0.25) is 4.79 Å². The Bertz CT molecular complexity index is 546. The Balaban J connectivity index is 2.19. The van der Waals surface area contributed by atoms with Gasteiger partial charge in [-0.25, -0.2) is 4.79 Å². The molecule has 21 heavy (non-hydrogen) atoms. The van der Waals surface area contributed by atoms with Crippen molar-refractivity contribution in [1.29, 1.82) is 0 Å². The maximum Gasteiger partial charge on any atom is 0.329 e. The predicted molar refractivity (Wildman–Crippen MR) is 81.4 cm³/mol. The molecule has 1 heterocycles. The lowest BCUT2D eigenvalue weighted by atomic mass is 9.90. The highest BCUT2D eigenvalue weighted by molar-refractivity contribution is 6.30. The molecule has 1 aromatic carbocycles. The first-order chi connectivity index (χ1) is 9.99. The molecular formula is C16H20ClNO3. The van der Waals surface area contributed by atoms with Crippen molar-refractivity contribution in [2.45, 2.75) is 44.6 Å². The smallest absolute Gasteiger partial charge is 0.329 e. The molecule has 1 aromatic rings. The quantitative estimate of drug-likeness (QED) is 0.909. The maximum absolute atomic E-state index is 12.5. The summed E-state index contributed by atoms with van der Waals surface area (Å²) in [5.41, 5.74) is -0.208. The summed E-state index contributed by atoms with van der Waals surface area (Å²) in [5, 5.41) is 10.2. The van der Waals surface area contributed by atoms with Gasteiger partial charge in [0.1, 0.15) is 5.54 Å². The number of hydrogen-bond acceptors (Lipinski definition) is 2. The number of hydrogen-bond donors (Lipinski definition) is 1. The van der Waals surface area contributed by atoms with Gasteiger partial charge in [-0.15, -0.1) is 0 Å². The van der Waals surface area contributed by atoms with E-state index in [9.17, 15) is 14.7 Å². The number of rotatable bonds is 5. The number of carboxylic acids is 1. The van der Waals surface area contributed by atoms with E-state index in [2.05, 4.69) is 0 Å². The molecule has 0 aromatic heterocycles. The van der Waals surface area contributed by atoms with Crippen molar-refractivity contribution in [2.24, 2.45) is 0 Å². The van der Waals surface area contributed by atoms with Crippen molar-refractivity contribution in [3.63, 3.8) is 0 Å². The molecule has 2 rings (SSSR count). The fourth-order valence-corrected chi connectivity index (χ4v) is 3.37. The van der Waals surface area contributed by atoms with Crippen LogP contribution in [0.2, 0.25) is 5.02 Å². The summed E-state index contributed by atoms with van der Waals surface area (Å²) >= 11 is 5.93. The van der Waals surface area contributed by atoms with E-state index in [4.69, 9.17) is 11.6 Å². The lowest BCUT2D eigenvalue weighted by Crippen LogP contribution is -2.53. The Morgan fingerprint density at radius 1 is 1.43 bits per heavy atom. The number of amides is 1. The zero-order chi connectivity index (χ0) is 15.5. The molecule has 0 spiro atoms. The average Bonchev–Trinajstić information content (AvgIpc) is 2.84. The molecule has 1 atom stereocenters. The van der Waals surface area contributed by atoms with Crippen LogP contribution in [0.4, 0.5) is 0 Å². The van der Waals surface area contributed by atoms with Crippen LogP contribution in [0.15, 0.2) is 24.3 Å². The average molecular weight is 310 g/mol. The van der Waals surface area contributed by atoms with Crippen LogP contribution in [0.25, 0.3) is 0 Å². The summed E-state index contributed by atoms with van der Waals surface area (Å²) in [7, 11) is 0. The number of benzene rings is 1. The van der Waals surface area contributed by atoms with Crippen LogP contribution in [-0.2, 0) is 16.0 Å². The van der Waals surface area contributed by atoms with E-state index >= 15 is 0 Å². The van der Waals surface area contributed by atoms with Crippen LogP contribution in [0.5, 0.6) is 0 Å². The minimum atomic E-state index is -1.02. The number of aliphatic carboxylic acids is 1. The molecule has 4 nitrogen and oxygen atoms in total. The number of nitrogens with zero attached hydrogens (tertiary/aromatic N) is 1. The van der Waals surface area contributed by atoms with E-state index in [-0.39, 0.29) is 12.3 Å². The highest BCUT2D eigenvalue weighted by atomic mass is 35.5. The highest BCUT2D eigenvalue weighted by Crippen LogP contribution is 2.34. The molecule has 1 saturated heterocycles. The molecule has 1 N–H and O–H groups in total. The summed E-state index contributed by atoms with van der Waals surface area (Å²) in [5.74, 6) is -1.02. The third-order valence-corrected chi connectivity index (χ3v) is 4.33. The molecule has 1 amide bonds. The minimum Gasteiger partial charge on any atom is -0.479 e. The van der Waals surface area contributed by atoms with Gasteiger partial charge in [0.15, 0.2) is 0 Å². The first kappa shape index (κ1) is 15.8. The minimum absolute atomic E-state index is 0.134. The molecule has 1 unspecified atom stereocenters. The van der Waals surface area contributed by atoms with Crippen LogP contribution < -0.4 is 0 Å². The van der Waals surface area contributed by atoms with Crippen molar-refractivity contribution >= 4 is 23.5 Å². The van der Waals surface area contributed by atoms with E-state index in [0.717, 1.165) is 18.4 Å². The second-order valence-corrected chi connectivity index (χ2v) is 5.98. The summed E-state index contributed by atoms with van der Waals surface area (Å²) in [4.78, 5) is 25.8. The van der Waals surface area contributed by atoms with Crippen LogP contribution in [-0.4, -0.2) is 34.0 Å². The van der Waals surface area contributed by atoms with Crippen LogP contribution in [0.3, 0.4) is 0 Å². The van der Waals surface area contributed by atoms with Gasteiger partial charge in [-0.05, 0) is 37.0 Å². The maximum atomic E-state index is 12.5. The third-order valence-electron chi connectivity index (χ3n) is 4.10. The molecule has 0 bridgehead atoms. The Kier molecular flexibility index (Phi) is 4.88. The van der Waals surface area contributed by atoms with Crippen molar-refractivity contribution in [1.82, 2.24) is 4.90 Å². The lowest BCUT2D eigenvalue weighted by Gasteiger charge is -2.34. The molecule has 0 radical (unpaired) electrons. The van der Waals surface area contributed by atoms with E-state index in [0.29, 0.717) is 24.4 Å². The summed E-state index contributed by atoms with van der Waals surface area (Å²) < 4.78 is 0. The van der Waals surface area contributed by atoms with E-state index in [1.807, 2.05) is 13.0 Å². The zero-order valence-electron chi connectivity index (χ0n) is 12.1. The predicted octanol–water partition coefficient (Wildman–Crippen LogP) is 3.13. The Labute approximate surface area is 129 Å². The van der Waals surface area contributed by atoms with Crippen molar-refractivity contribution in [2.75, 3.05) is 6.54 Å². The molecule has 114 valence electrons. The first-order valence-electron chi connectivity index (χ1n) is 7.28. The van der Waals surface area contributed by atoms with Crippen molar-refractivity contribution in [3.05, 3.63) is 34.9 Å². The first-order valence-corrected chi connectivity index (χ1v) is 7.65. The van der Waals surface area contributed by atoms with Gasteiger partial charge in [0.05, 0.1) is 6.42 Å². The summed E-state index contributed by atoms with van der Waals surface area (Å²) in [6.07, 6.45) is 2.72. The third kappa shape index (κ3) is 3.21. The molecule has 1 fully saturated rings. The number of likely N-dealkylation sites (tertiary alicyclic amines) is 1. The normalized spacial score (nSPS) is 21.5. The zero-order valence-corrected chi connectivity index (χ0v) is 12.9. The van der Waals surface area contributed by atoms with Gasteiger partial charge in [0.25, 0.3) is 0 Å². The second-order valence-electron chi connectivity index (χ2n) is 5.54. The fourth-order valence-electron chi connectivity index (χ4n) is 3.16. The monoisotopic (exact) mass is 309 g/mol. The van der Waals surface area contributed by atoms with Gasteiger partial charge in [0.2, 0.25) is 5.91 Å². The van der Waals surface area contributed by atoms with Crippen molar-refractivity contribution in [3.8, 4) is 0 Å². The molecule has 1 aliphatic rings. The largest absolute Gasteiger partial charge is 0.479 e. The van der Waals surface area contributed by atoms with Crippen LogP contribution >= 0.6 is 11.6 Å². The van der Waals surface area contributed by atoms with Gasteiger partial charge < -0.3 is 10.0 Å². The number of carbonyl (C=O) groups excluding carboxylic acids is 1. The van der Waals surface area contributed by atoms with Crippen molar-refractivity contribution < 1.29 is 14.7 Å². The molecular weight excluding hydrogens is 290 g/mol. The molecule has 0 aliphatic carbocycles. The second kappa shape index (κ2) is 6.48. The Morgan fingerprint density at radius 3 is 2.81 bits per heavy atom. The van der Waals surface area contributed by atoms with E-state index < -0.39 is 11.5 Å². The van der Waals surface area contributed by atoms with Gasteiger partial charge >= 0.3 is 5.97 Å². The molecule has 0 saturated carbocycles. The fraction of sp³-hybridized carbons (Fsp3) is 0.500. The topological polar surface area (TPSA) is 57.6 Å². The summed E-state index contributed by atoms with van der Waals surface area (Å²) in [6, 6.07) is 7.13. The standard InChI is InChI=1S/C16H20ClNO3/c1-2-7-16(15(20)21)8-4-9-18(16)14(19)11-12-5-3-6-13(17)10-12/h3,5-6,10H,2,4,7-9,11H2,1H3,(H,20,21). The van der Waals surface area contributed by atoms with Gasteiger partial charge in [-0.1, -0.05) is 37.1 Å². The highest BCUT2D eigenvalue weighted by Gasteiger charge is 2.48.